The molecule has 0 nitrogen and oxygen atoms in total. The van der Waals surface area contributed by atoms with Gasteiger partial charge in [-0.2, -0.15) is 0 Å². The molecule has 2 aliphatic carbocycles. The van der Waals surface area contributed by atoms with Crippen LogP contribution >= 0.6 is 0 Å². The van der Waals surface area contributed by atoms with E-state index in [1.165, 1.54) is 17.6 Å². The fourth-order valence-corrected chi connectivity index (χ4v) is 2.34. The van der Waals surface area contributed by atoms with E-state index < -0.39 is 0 Å². The maximum Gasteiger partial charge on any atom is 0.00577 e. The summed E-state index contributed by atoms with van der Waals surface area (Å²) in [6.07, 6.45) is 16.7. The molecule has 20 heavy (non-hydrogen) atoms. The van der Waals surface area contributed by atoms with Crippen LogP contribution in [0.1, 0.15) is 48.0 Å². The second-order valence-electron chi connectivity index (χ2n) is 4.71. The Morgan fingerprint density at radius 1 is 1.25 bits per heavy atom. The minimum atomic E-state index is 0.479. The van der Waals surface area contributed by atoms with Crippen LogP contribution in [-0.4, -0.2) is 0 Å². The van der Waals surface area contributed by atoms with Gasteiger partial charge in [0, 0.05) is 5.92 Å². The first kappa shape index (κ1) is 18.7. The van der Waals surface area contributed by atoms with Crippen LogP contribution in [0.15, 0.2) is 60.3 Å². The van der Waals surface area contributed by atoms with Crippen molar-refractivity contribution in [3.05, 3.63) is 60.3 Å². The lowest BCUT2D eigenvalue weighted by atomic mass is 9.89. The summed E-state index contributed by atoms with van der Waals surface area (Å²) in [5, 5.41) is 0. The normalized spacial score (nSPS) is 24.5. The number of rotatable bonds is 4. The molecule has 0 radical (unpaired) electrons. The zero-order valence-corrected chi connectivity index (χ0v) is 14.2. The Kier molecular flexibility index (Phi) is 9.80. The highest BCUT2D eigenvalue weighted by Crippen LogP contribution is 2.45. The largest absolute Gasteiger partial charge is 0.0991 e. The SMILES string of the molecule is C=C/C=C(\C=C/C)C(C)C1=CC2CC2C=C1.CC.CC. The third-order valence-corrected chi connectivity index (χ3v) is 3.50. The van der Waals surface area contributed by atoms with E-state index >= 15 is 0 Å². The summed E-state index contributed by atoms with van der Waals surface area (Å²) in [6, 6.07) is 0. The molecule has 0 bridgehead atoms. The Morgan fingerprint density at radius 3 is 2.40 bits per heavy atom. The van der Waals surface area contributed by atoms with Gasteiger partial charge in [0.2, 0.25) is 0 Å². The number of allylic oxidation sites excluding steroid dienone is 9. The lowest BCUT2D eigenvalue weighted by Gasteiger charge is -2.16. The molecule has 1 fully saturated rings. The van der Waals surface area contributed by atoms with E-state index in [1.54, 1.807) is 0 Å². The van der Waals surface area contributed by atoms with E-state index in [1.807, 2.05) is 33.8 Å². The number of hydrogen-bond acceptors (Lipinski definition) is 0. The molecule has 112 valence electrons. The van der Waals surface area contributed by atoms with E-state index in [-0.39, 0.29) is 0 Å². The first-order chi connectivity index (χ1) is 9.76. The molecule has 0 aromatic rings. The maximum atomic E-state index is 3.79. The summed E-state index contributed by atoms with van der Waals surface area (Å²) in [4.78, 5) is 0. The Bertz CT molecular complexity index is 390. The van der Waals surface area contributed by atoms with Crippen LogP contribution in [0.25, 0.3) is 0 Å². The second-order valence-corrected chi connectivity index (χ2v) is 4.71. The van der Waals surface area contributed by atoms with Crippen LogP contribution < -0.4 is 0 Å². The van der Waals surface area contributed by atoms with Gasteiger partial charge in [-0.3, -0.25) is 0 Å². The molecule has 0 aromatic carbocycles. The van der Waals surface area contributed by atoms with Crippen molar-refractivity contribution < 1.29 is 0 Å². The van der Waals surface area contributed by atoms with Crippen molar-refractivity contribution in [1.82, 2.24) is 0 Å². The third kappa shape index (κ3) is 5.36. The van der Waals surface area contributed by atoms with Gasteiger partial charge < -0.3 is 0 Å². The zero-order chi connectivity index (χ0) is 15.5. The molecule has 0 spiro atoms. The predicted octanol–water partition coefficient (Wildman–Crippen LogP) is 6.50. The quantitative estimate of drug-likeness (QED) is 0.513. The summed E-state index contributed by atoms with van der Waals surface area (Å²) >= 11 is 0. The van der Waals surface area contributed by atoms with Crippen molar-refractivity contribution in [2.75, 3.05) is 0 Å². The third-order valence-electron chi connectivity index (χ3n) is 3.50. The summed E-state index contributed by atoms with van der Waals surface area (Å²) in [5.74, 6) is 2.16. The first-order valence-electron chi connectivity index (χ1n) is 8.11. The van der Waals surface area contributed by atoms with Crippen LogP contribution in [0.4, 0.5) is 0 Å². The predicted molar refractivity (Wildman–Crippen MR) is 93.8 cm³/mol. The van der Waals surface area contributed by atoms with Crippen molar-refractivity contribution in [2.45, 2.75) is 48.0 Å². The molecule has 2 aliphatic rings. The van der Waals surface area contributed by atoms with Crippen LogP contribution in [0.3, 0.4) is 0 Å². The Morgan fingerprint density at radius 2 is 1.90 bits per heavy atom. The lowest BCUT2D eigenvalue weighted by molar-refractivity contribution is 0.814. The van der Waals surface area contributed by atoms with Crippen molar-refractivity contribution in [3.8, 4) is 0 Å². The van der Waals surface area contributed by atoms with Gasteiger partial charge in [-0.25, -0.2) is 0 Å². The molecule has 0 heteroatoms. The van der Waals surface area contributed by atoms with Crippen molar-refractivity contribution in [3.63, 3.8) is 0 Å². The maximum absolute atomic E-state index is 3.79. The number of hydrogen-bond donors (Lipinski definition) is 0. The van der Waals surface area contributed by atoms with Gasteiger partial charge in [0.05, 0.1) is 0 Å². The van der Waals surface area contributed by atoms with E-state index in [4.69, 9.17) is 0 Å². The topological polar surface area (TPSA) is 0 Å². The average Bonchev–Trinajstić information content (AvgIpc) is 3.29. The van der Waals surface area contributed by atoms with Crippen LogP contribution in [0.2, 0.25) is 0 Å². The molecule has 3 unspecified atom stereocenters. The lowest BCUT2D eigenvalue weighted by Crippen LogP contribution is -2.02. The van der Waals surface area contributed by atoms with E-state index in [0.29, 0.717) is 5.92 Å². The Hall–Kier alpha value is -1.30. The van der Waals surface area contributed by atoms with E-state index in [2.05, 4.69) is 56.9 Å². The molecule has 3 atom stereocenters. The van der Waals surface area contributed by atoms with Gasteiger partial charge >= 0.3 is 0 Å². The summed E-state index contributed by atoms with van der Waals surface area (Å²) in [7, 11) is 0. The van der Waals surface area contributed by atoms with Gasteiger partial charge in [0.25, 0.3) is 0 Å². The molecule has 0 amide bonds. The van der Waals surface area contributed by atoms with Gasteiger partial charge in [0.1, 0.15) is 0 Å². The molecule has 0 N–H and O–H groups in total. The van der Waals surface area contributed by atoms with Gasteiger partial charge in [-0.15, -0.1) is 0 Å². The molecule has 2 rings (SSSR count). The molecular weight excluding hydrogens is 240 g/mol. The fraction of sp³-hybridized carbons (Fsp3) is 0.500. The van der Waals surface area contributed by atoms with Gasteiger partial charge in [-0.1, -0.05) is 83.7 Å². The average molecular weight is 272 g/mol. The first-order valence-corrected chi connectivity index (χ1v) is 8.11. The Balaban J connectivity index is 0.000000829. The van der Waals surface area contributed by atoms with Crippen molar-refractivity contribution in [2.24, 2.45) is 17.8 Å². The van der Waals surface area contributed by atoms with E-state index in [9.17, 15) is 0 Å². The molecule has 0 heterocycles. The monoisotopic (exact) mass is 272 g/mol. The molecule has 1 saturated carbocycles. The van der Waals surface area contributed by atoms with E-state index in [0.717, 1.165) is 11.8 Å². The highest BCUT2D eigenvalue weighted by atomic mass is 14.4. The molecule has 0 aromatic heterocycles. The van der Waals surface area contributed by atoms with Gasteiger partial charge in [0.15, 0.2) is 0 Å². The highest BCUT2D eigenvalue weighted by Gasteiger charge is 2.35. The molecular formula is C20H32. The molecule has 0 aliphatic heterocycles. The summed E-state index contributed by atoms with van der Waals surface area (Å²) in [6.45, 7) is 16.1. The van der Waals surface area contributed by atoms with Crippen molar-refractivity contribution in [1.29, 1.82) is 0 Å². The molecule has 0 saturated heterocycles. The highest BCUT2D eigenvalue weighted by molar-refractivity contribution is 5.40. The summed E-state index contributed by atoms with van der Waals surface area (Å²) in [5.41, 5.74) is 2.80. The smallest absolute Gasteiger partial charge is 0.00577 e. The second kappa shape index (κ2) is 10.5. The number of fused-ring (bicyclic) bond motifs is 1. The van der Waals surface area contributed by atoms with Crippen molar-refractivity contribution >= 4 is 0 Å². The van der Waals surface area contributed by atoms with Gasteiger partial charge in [-0.05, 0) is 36.3 Å². The Labute approximate surface area is 126 Å². The minimum absolute atomic E-state index is 0.479. The summed E-state index contributed by atoms with van der Waals surface area (Å²) < 4.78 is 0. The van der Waals surface area contributed by atoms with Crippen LogP contribution in [0, 0.1) is 17.8 Å². The minimum Gasteiger partial charge on any atom is -0.0991 e. The fourth-order valence-electron chi connectivity index (χ4n) is 2.34. The standard InChI is InChI=1S/C16H20.2C2H6/c1-4-6-13(7-5-2)12(3)14-8-9-15-11-16(15)10-14;2*1-2/h4-10,12,15-16H,1,11H2,2-3H3;2*1-2H3/b7-5-,13-6+;;. The van der Waals surface area contributed by atoms with Crippen LogP contribution in [0.5, 0.6) is 0 Å². The van der Waals surface area contributed by atoms with Crippen LogP contribution in [-0.2, 0) is 0 Å². The zero-order valence-electron chi connectivity index (χ0n) is 14.2.